The van der Waals surface area contributed by atoms with Crippen LogP contribution in [0.3, 0.4) is 0 Å². The zero-order valence-corrected chi connectivity index (χ0v) is 14.5. The van der Waals surface area contributed by atoms with Crippen LogP contribution in [-0.4, -0.2) is 54.1 Å². The molecular weight excluding hydrogens is 314 g/mol. The number of amides is 1. The number of rotatable bonds is 2. The topological polar surface area (TPSA) is 72.3 Å². The number of fused-ring (bicyclic) bond motifs is 1. The van der Waals surface area contributed by atoms with Gasteiger partial charge in [0.05, 0.1) is 17.7 Å². The van der Waals surface area contributed by atoms with Crippen molar-refractivity contribution in [3.8, 4) is 6.07 Å². The van der Waals surface area contributed by atoms with Crippen LogP contribution < -0.4 is 10.2 Å². The van der Waals surface area contributed by atoms with E-state index < -0.39 is 0 Å². The Morgan fingerprint density at radius 2 is 2.04 bits per heavy atom. The maximum atomic E-state index is 12.9. The van der Waals surface area contributed by atoms with E-state index in [9.17, 15) is 4.79 Å². The van der Waals surface area contributed by atoms with Gasteiger partial charge in [0.1, 0.15) is 5.82 Å². The second kappa shape index (κ2) is 7.01. The van der Waals surface area contributed by atoms with Crippen molar-refractivity contribution in [3.63, 3.8) is 0 Å². The molecule has 1 aromatic heterocycles. The first-order chi connectivity index (χ1) is 12.2. The summed E-state index contributed by atoms with van der Waals surface area (Å²) in [6.07, 6.45) is 7.80. The van der Waals surface area contributed by atoms with Crippen molar-refractivity contribution >= 4 is 11.7 Å². The zero-order chi connectivity index (χ0) is 17.2. The van der Waals surface area contributed by atoms with Crippen LogP contribution in [0.2, 0.25) is 0 Å². The first-order valence-corrected chi connectivity index (χ1v) is 9.40. The summed E-state index contributed by atoms with van der Waals surface area (Å²) in [7, 11) is 0. The predicted molar refractivity (Wildman–Crippen MR) is 95.0 cm³/mol. The number of aromatic nitrogens is 1. The van der Waals surface area contributed by atoms with E-state index >= 15 is 0 Å². The van der Waals surface area contributed by atoms with Crippen molar-refractivity contribution in [2.45, 2.75) is 44.2 Å². The molecule has 0 aromatic carbocycles. The fraction of sp³-hybridized carbons (Fsp3) is 0.632. The average molecular weight is 339 g/mol. The maximum Gasteiger partial charge on any atom is 0.239 e. The lowest BCUT2D eigenvalue weighted by Crippen LogP contribution is -2.53. The highest BCUT2D eigenvalue weighted by atomic mass is 16.2. The number of hydrogen-bond acceptors (Lipinski definition) is 5. The van der Waals surface area contributed by atoms with Gasteiger partial charge in [0.15, 0.2) is 0 Å². The third-order valence-corrected chi connectivity index (χ3v) is 5.95. The fourth-order valence-corrected chi connectivity index (χ4v) is 4.55. The van der Waals surface area contributed by atoms with E-state index in [1.807, 2.05) is 11.0 Å². The Balaban J connectivity index is 1.34. The number of anilines is 1. The van der Waals surface area contributed by atoms with Crippen LogP contribution in [0.1, 0.15) is 37.7 Å². The molecule has 25 heavy (non-hydrogen) atoms. The molecule has 0 radical (unpaired) electrons. The number of hydrogen-bond donors (Lipinski definition) is 1. The van der Waals surface area contributed by atoms with Crippen molar-refractivity contribution < 1.29 is 4.79 Å². The van der Waals surface area contributed by atoms with Crippen molar-refractivity contribution in [2.75, 3.05) is 31.1 Å². The zero-order valence-electron chi connectivity index (χ0n) is 14.5. The van der Waals surface area contributed by atoms with E-state index in [2.05, 4.69) is 21.3 Å². The second-order valence-corrected chi connectivity index (χ2v) is 7.43. The van der Waals surface area contributed by atoms with E-state index in [-0.39, 0.29) is 11.9 Å². The van der Waals surface area contributed by atoms with Crippen molar-refractivity contribution in [1.82, 2.24) is 15.2 Å². The van der Waals surface area contributed by atoms with Crippen LogP contribution in [0.25, 0.3) is 0 Å². The number of carbonyl (C=O) groups is 1. The highest BCUT2D eigenvalue weighted by molar-refractivity contribution is 5.82. The summed E-state index contributed by atoms with van der Waals surface area (Å²) in [5, 5.41) is 12.6. The summed E-state index contributed by atoms with van der Waals surface area (Å²) >= 11 is 0. The van der Waals surface area contributed by atoms with Gasteiger partial charge in [-0.25, -0.2) is 4.98 Å². The normalized spacial score (nSPS) is 29.2. The molecule has 3 aliphatic rings. The monoisotopic (exact) mass is 339 g/mol. The van der Waals surface area contributed by atoms with Gasteiger partial charge in [-0.05, 0) is 37.3 Å². The Hall–Kier alpha value is -2.13. The molecule has 3 heterocycles. The third kappa shape index (κ3) is 3.34. The summed E-state index contributed by atoms with van der Waals surface area (Å²) in [6.45, 7) is 3.00. The Bertz CT molecular complexity index is 663. The van der Waals surface area contributed by atoms with Gasteiger partial charge in [0, 0.05) is 38.4 Å². The first kappa shape index (κ1) is 16.3. The van der Waals surface area contributed by atoms with E-state index in [4.69, 9.17) is 5.26 Å². The molecule has 4 rings (SSSR count). The van der Waals surface area contributed by atoms with Gasteiger partial charge in [-0.3, -0.25) is 4.79 Å². The van der Waals surface area contributed by atoms with E-state index in [1.165, 1.54) is 25.7 Å². The largest absolute Gasteiger partial charge is 0.353 e. The Morgan fingerprint density at radius 3 is 2.80 bits per heavy atom. The molecule has 0 bridgehead atoms. The number of nitrogens with zero attached hydrogens (tertiary/aromatic N) is 4. The summed E-state index contributed by atoms with van der Waals surface area (Å²) in [4.78, 5) is 21.4. The average Bonchev–Trinajstić information content (AvgIpc) is 3.12. The van der Waals surface area contributed by atoms with Crippen LogP contribution in [-0.2, 0) is 4.79 Å². The van der Waals surface area contributed by atoms with Crippen LogP contribution >= 0.6 is 0 Å². The molecule has 3 atom stereocenters. The predicted octanol–water partition coefficient (Wildman–Crippen LogP) is 1.52. The molecule has 3 unspecified atom stereocenters. The fourth-order valence-electron chi connectivity index (χ4n) is 4.55. The van der Waals surface area contributed by atoms with Crippen LogP contribution in [0.15, 0.2) is 18.3 Å². The molecule has 1 aliphatic carbocycles. The minimum absolute atomic E-state index is 0.0136. The van der Waals surface area contributed by atoms with E-state index in [0.717, 1.165) is 38.4 Å². The molecule has 2 aliphatic heterocycles. The Morgan fingerprint density at radius 1 is 1.24 bits per heavy atom. The van der Waals surface area contributed by atoms with Crippen molar-refractivity contribution in [2.24, 2.45) is 5.92 Å². The standard InChI is InChI=1S/C19H25N5O/c20-13-14-5-6-21-18(11-14)23-7-9-24(10-8-23)19(25)17-12-15-3-1-2-4-16(15)22-17/h5-6,11,15-17,22H,1-4,7-10,12H2. The van der Waals surface area contributed by atoms with Gasteiger partial charge >= 0.3 is 0 Å². The SMILES string of the molecule is N#Cc1ccnc(N2CCN(C(=O)C3CC4CCCCC4N3)CC2)c1. The molecule has 6 heteroatoms. The molecule has 1 aromatic rings. The quantitative estimate of drug-likeness (QED) is 0.884. The van der Waals surface area contributed by atoms with E-state index in [0.29, 0.717) is 17.5 Å². The third-order valence-electron chi connectivity index (χ3n) is 5.95. The number of carbonyl (C=O) groups excluding carboxylic acids is 1. The van der Waals surface area contributed by atoms with Crippen LogP contribution in [0.4, 0.5) is 5.82 Å². The number of nitrogens with one attached hydrogen (secondary N) is 1. The number of nitriles is 1. The van der Waals surface area contributed by atoms with Gasteiger partial charge in [-0.1, -0.05) is 12.8 Å². The summed E-state index contributed by atoms with van der Waals surface area (Å²) in [6, 6.07) is 6.26. The van der Waals surface area contributed by atoms with Gasteiger partial charge < -0.3 is 15.1 Å². The molecule has 1 amide bonds. The lowest BCUT2D eigenvalue weighted by molar-refractivity contribution is -0.133. The van der Waals surface area contributed by atoms with Gasteiger partial charge in [0.25, 0.3) is 0 Å². The van der Waals surface area contributed by atoms with Crippen LogP contribution in [0, 0.1) is 17.2 Å². The Kier molecular flexibility index (Phi) is 4.58. The summed E-state index contributed by atoms with van der Waals surface area (Å²) in [5.74, 6) is 1.80. The highest BCUT2D eigenvalue weighted by Gasteiger charge is 2.40. The first-order valence-electron chi connectivity index (χ1n) is 9.40. The molecule has 3 fully saturated rings. The van der Waals surface area contributed by atoms with Gasteiger partial charge in [-0.15, -0.1) is 0 Å². The molecule has 1 N–H and O–H groups in total. The van der Waals surface area contributed by atoms with Crippen molar-refractivity contribution in [3.05, 3.63) is 23.9 Å². The maximum absolute atomic E-state index is 12.9. The van der Waals surface area contributed by atoms with Crippen molar-refractivity contribution in [1.29, 1.82) is 5.26 Å². The number of pyridine rings is 1. The number of piperazine rings is 1. The summed E-state index contributed by atoms with van der Waals surface area (Å²) in [5.41, 5.74) is 0.626. The smallest absolute Gasteiger partial charge is 0.239 e. The minimum Gasteiger partial charge on any atom is -0.353 e. The lowest BCUT2D eigenvalue weighted by atomic mass is 9.85. The molecule has 1 saturated carbocycles. The molecule has 132 valence electrons. The Labute approximate surface area is 148 Å². The van der Waals surface area contributed by atoms with Gasteiger partial charge in [-0.2, -0.15) is 5.26 Å². The van der Waals surface area contributed by atoms with Gasteiger partial charge in [0.2, 0.25) is 5.91 Å². The minimum atomic E-state index is 0.0136. The summed E-state index contributed by atoms with van der Waals surface area (Å²) < 4.78 is 0. The second-order valence-electron chi connectivity index (χ2n) is 7.43. The highest BCUT2D eigenvalue weighted by Crippen LogP contribution is 2.33. The molecule has 6 nitrogen and oxygen atoms in total. The van der Waals surface area contributed by atoms with E-state index in [1.54, 1.807) is 12.3 Å². The van der Waals surface area contributed by atoms with Crippen LogP contribution in [0.5, 0.6) is 0 Å². The lowest BCUT2D eigenvalue weighted by Gasteiger charge is -2.36. The molecule has 0 spiro atoms. The molecule has 2 saturated heterocycles. The molecular formula is C19H25N5O.